The average molecular weight is 233 g/mol. The molecule has 86 valence electrons. The number of aromatic nitrogens is 1. The molecule has 1 aromatic carbocycles. The molecular formula is C12H8FNO3. The molecule has 0 saturated heterocycles. The Bertz CT molecular complexity index is 584. The number of halogens is 1. The van der Waals surface area contributed by atoms with E-state index in [1.54, 1.807) is 0 Å². The highest BCUT2D eigenvalue weighted by atomic mass is 19.1. The Balaban J connectivity index is 2.53. The molecule has 0 radical (unpaired) electrons. The first kappa shape index (κ1) is 11.1. The largest absolute Gasteiger partial charge is 0.507 e. The second-order valence-electron chi connectivity index (χ2n) is 3.40. The van der Waals surface area contributed by atoms with Crippen molar-refractivity contribution in [3.8, 4) is 17.0 Å². The molecule has 0 bridgehead atoms. The van der Waals surface area contributed by atoms with Gasteiger partial charge in [-0.25, -0.2) is 9.18 Å². The summed E-state index contributed by atoms with van der Waals surface area (Å²) in [6, 6.07) is 6.12. The Morgan fingerprint density at radius 2 is 2.00 bits per heavy atom. The molecule has 5 heteroatoms. The second-order valence-corrected chi connectivity index (χ2v) is 3.40. The summed E-state index contributed by atoms with van der Waals surface area (Å²) >= 11 is 0. The van der Waals surface area contributed by atoms with Crippen LogP contribution in [-0.4, -0.2) is 21.2 Å². The lowest BCUT2D eigenvalue weighted by Crippen LogP contribution is -1.97. The van der Waals surface area contributed by atoms with Crippen LogP contribution >= 0.6 is 0 Å². The van der Waals surface area contributed by atoms with Gasteiger partial charge in [-0.1, -0.05) is 0 Å². The Hall–Kier alpha value is -2.43. The van der Waals surface area contributed by atoms with Gasteiger partial charge in [-0.05, 0) is 24.3 Å². The maximum Gasteiger partial charge on any atom is 0.335 e. The van der Waals surface area contributed by atoms with E-state index in [1.165, 1.54) is 30.5 Å². The third-order valence-corrected chi connectivity index (χ3v) is 2.24. The van der Waals surface area contributed by atoms with Crippen LogP contribution in [0.4, 0.5) is 4.39 Å². The van der Waals surface area contributed by atoms with Crippen molar-refractivity contribution in [2.24, 2.45) is 0 Å². The number of nitrogens with zero attached hydrogens (tertiary/aromatic N) is 1. The summed E-state index contributed by atoms with van der Waals surface area (Å²) in [5, 5.41) is 18.4. The number of hydrogen-bond acceptors (Lipinski definition) is 3. The van der Waals surface area contributed by atoms with E-state index < -0.39 is 11.8 Å². The molecule has 2 rings (SSSR count). The predicted octanol–water partition coefficient (Wildman–Crippen LogP) is 2.29. The smallest absolute Gasteiger partial charge is 0.335 e. The minimum atomic E-state index is -1.09. The number of aromatic carboxylic acids is 1. The topological polar surface area (TPSA) is 70.4 Å². The van der Waals surface area contributed by atoms with Gasteiger partial charge in [-0.3, -0.25) is 4.98 Å². The highest BCUT2D eigenvalue weighted by Gasteiger charge is 2.09. The number of carbonyl (C=O) groups is 1. The van der Waals surface area contributed by atoms with Crippen molar-refractivity contribution in [2.45, 2.75) is 0 Å². The average Bonchev–Trinajstić information content (AvgIpc) is 2.29. The summed E-state index contributed by atoms with van der Waals surface area (Å²) in [4.78, 5) is 14.7. The fourth-order valence-electron chi connectivity index (χ4n) is 1.43. The molecule has 0 aliphatic carbocycles. The van der Waals surface area contributed by atoms with E-state index in [4.69, 9.17) is 5.11 Å². The maximum atomic E-state index is 12.8. The van der Waals surface area contributed by atoms with Gasteiger partial charge in [0, 0.05) is 17.8 Å². The fourth-order valence-corrected chi connectivity index (χ4v) is 1.43. The van der Waals surface area contributed by atoms with Crippen molar-refractivity contribution >= 4 is 5.97 Å². The monoisotopic (exact) mass is 233 g/mol. The number of aromatic hydroxyl groups is 1. The molecular weight excluding hydrogens is 225 g/mol. The maximum absolute atomic E-state index is 12.8. The Morgan fingerprint density at radius 1 is 1.24 bits per heavy atom. The molecule has 0 fully saturated rings. The quantitative estimate of drug-likeness (QED) is 0.834. The van der Waals surface area contributed by atoms with Gasteiger partial charge in [0.25, 0.3) is 0 Å². The van der Waals surface area contributed by atoms with E-state index in [-0.39, 0.29) is 22.6 Å². The molecule has 0 atom stereocenters. The Kier molecular flexibility index (Phi) is 2.74. The third kappa shape index (κ3) is 2.23. The molecule has 0 saturated carbocycles. The lowest BCUT2D eigenvalue weighted by molar-refractivity contribution is 0.0697. The Morgan fingerprint density at radius 3 is 2.65 bits per heavy atom. The van der Waals surface area contributed by atoms with Crippen molar-refractivity contribution in [1.29, 1.82) is 0 Å². The zero-order chi connectivity index (χ0) is 12.4. The van der Waals surface area contributed by atoms with Gasteiger partial charge in [0.15, 0.2) is 0 Å². The molecule has 2 N–H and O–H groups in total. The number of pyridine rings is 1. The lowest BCUT2D eigenvalue weighted by atomic mass is 10.1. The van der Waals surface area contributed by atoms with Gasteiger partial charge in [-0.15, -0.1) is 0 Å². The van der Waals surface area contributed by atoms with Gasteiger partial charge in [0.2, 0.25) is 0 Å². The summed E-state index contributed by atoms with van der Waals surface area (Å²) in [6.07, 6.45) is 1.32. The van der Waals surface area contributed by atoms with Gasteiger partial charge in [0.05, 0.1) is 11.3 Å². The molecule has 0 amide bonds. The van der Waals surface area contributed by atoms with E-state index in [9.17, 15) is 14.3 Å². The van der Waals surface area contributed by atoms with E-state index in [0.717, 1.165) is 6.07 Å². The van der Waals surface area contributed by atoms with Crippen LogP contribution in [0.2, 0.25) is 0 Å². The van der Waals surface area contributed by atoms with Crippen molar-refractivity contribution < 1.29 is 19.4 Å². The number of benzene rings is 1. The number of carboxylic acid groups (broad SMARTS) is 1. The van der Waals surface area contributed by atoms with Gasteiger partial charge in [-0.2, -0.15) is 0 Å². The predicted molar refractivity (Wildman–Crippen MR) is 58.3 cm³/mol. The van der Waals surface area contributed by atoms with Gasteiger partial charge < -0.3 is 10.2 Å². The molecule has 1 aromatic heterocycles. The fraction of sp³-hybridized carbons (Fsp3) is 0. The number of rotatable bonds is 2. The standard InChI is InChI=1S/C12H8FNO3/c13-8-1-2-9(11(15)6-8)10-5-7(12(16)17)3-4-14-10/h1-6,15H,(H,16,17). The molecule has 0 spiro atoms. The minimum Gasteiger partial charge on any atom is -0.507 e. The summed E-state index contributed by atoms with van der Waals surface area (Å²) in [5.41, 5.74) is 0.621. The van der Waals surface area contributed by atoms with E-state index in [0.29, 0.717) is 0 Å². The Labute approximate surface area is 96.0 Å². The van der Waals surface area contributed by atoms with Gasteiger partial charge >= 0.3 is 5.97 Å². The van der Waals surface area contributed by atoms with Crippen LogP contribution < -0.4 is 0 Å². The van der Waals surface area contributed by atoms with Crippen LogP contribution in [-0.2, 0) is 0 Å². The van der Waals surface area contributed by atoms with Crippen LogP contribution in [0.15, 0.2) is 36.5 Å². The number of carboxylic acids is 1. The molecule has 4 nitrogen and oxygen atoms in total. The SMILES string of the molecule is O=C(O)c1ccnc(-c2ccc(F)cc2O)c1. The van der Waals surface area contributed by atoms with Crippen LogP contribution in [0.3, 0.4) is 0 Å². The van der Waals surface area contributed by atoms with Crippen LogP contribution in [0.1, 0.15) is 10.4 Å². The molecule has 0 unspecified atom stereocenters. The molecule has 17 heavy (non-hydrogen) atoms. The van der Waals surface area contributed by atoms with Crippen molar-refractivity contribution in [3.05, 3.63) is 47.9 Å². The van der Waals surface area contributed by atoms with Crippen LogP contribution in [0, 0.1) is 5.82 Å². The highest BCUT2D eigenvalue weighted by molar-refractivity contribution is 5.89. The molecule has 0 aliphatic heterocycles. The first-order valence-corrected chi connectivity index (χ1v) is 4.76. The number of hydrogen-bond donors (Lipinski definition) is 2. The van der Waals surface area contributed by atoms with Crippen molar-refractivity contribution in [1.82, 2.24) is 4.98 Å². The van der Waals surface area contributed by atoms with Crippen molar-refractivity contribution in [2.75, 3.05) is 0 Å². The van der Waals surface area contributed by atoms with E-state index >= 15 is 0 Å². The van der Waals surface area contributed by atoms with Gasteiger partial charge in [0.1, 0.15) is 11.6 Å². The molecule has 1 heterocycles. The molecule has 0 aliphatic rings. The zero-order valence-corrected chi connectivity index (χ0v) is 8.59. The van der Waals surface area contributed by atoms with E-state index in [1.807, 2.05) is 0 Å². The second kappa shape index (κ2) is 4.21. The first-order valence-electron chi connectivity index (χ1n) is 4.76. The normalized spacial score (nSPS) is 10.2. The third-order valence-electron chi connectivity index (χ3n) is 2.24. The summed E-state index contributed by atoms with van der Waals surface area (Å²) in [6.45, 7) is 0. The summed E-state index contributed by atoms with van der Waals surface area (Å²) in [7, 11) is 0. The van der Waals surface area contributed by atoms with Crippen molar-refractivity contribution in [3.63, 3.8) is 0 Å². The zero-order valence-electron chi connectivity index (χ0n) is 8.59. The summed E-state index contributed by atoms with van der Waals surface area (Å²) in [5.74, 6) is -1.93. The summed E-state index contributed by atoms with van der Waals surface area (Å²) < 4.78 is 12.8. The highest BCUT2D eigenvalue weighted by Crippen LogP contribution is 2.28. The lowest BCUT2D eigenvalue weighted by Gasteiger charge is -2.04. The van der Waals surface area contributed by atoms with E-state index in [2.05, 4.69) is 4.98 Å². The number of phenols is 1. The van der Waals surface area contributed by atoms with Crippen LogP contribution in [0.25, 0.3) is 11.3 Å². The minimum absolute atomic E-state index is 0.0544. The van der Waals surface area contributed by atoms with Crippen LogP contribution in [0.5, 0.6) is 5.75 Å². The first-order chi connectivity index (χ1) is 8.08. The molecule has 2 aromatic rings. The number of phenolic OH excluding ortho intramolecular Hbond substituents is 1.